The van der Waals surface area contributed by atoms with Gasteiger partial charge in [0.1, 0.15) is 0 Å². The summed E-state index contributed by atoms with van der Waals surface area (Å²) in [6.07, 6.45) is 1.32. The highest BCUT2D eigenvalue weighted by Gasteiger charge is 2.35. The number of aliphatic hydroxyl groups excluding tert-OH is 2. The molecule has 0 bridgehead atoms. The van der Waals surface area contributed by atoms with E-state index in [0.29, 0.717) is 6.42 Å². The molecule has 94 valence electrons. The van der Waals surface area contributed by atoms with Crippen LogP contribution < -0.4 is 10.6 Å². The molecule has 1 rings (SSSR count). The summed E-state index contributed by atoms with van der Waals surface area (Å²) >= 11 is 0. The van der Waals surface area contributed by atoms with Gasteiger partial charge in [0.25, 0.3) is 0 Å². The fraction of sp³-hybridized carbons (Fsp3) is 0.909. The van der Waals surface area contributed by atoms with Crippen LogP contribution in [0.25, 0.3) is 0 Å². The Bertz CT molecular complexity index is 233. The van der Waals surface area contributed by atoms with E-state index >= 15 is 0 Å². The van der Waals surface area contributed by atoms with Crippen molar-refractivity contribution in [3.05, 3.63) is 0 Å². The number of carbonyl (C=O) groups excluding carboxylic acids is 1. The molecule has 1 saturated heterocycles. The summed E-state index contributed by atoms with van der Waals surface area (Å²) in [4.78, 5) is 12.0. The van der Waals surface area contributed by atoms with Crippen LogP contribution in [0.3, 0.4) is 0 Å². The van der Waals surface area contributed by atoms with Gasteiger partial charge in [0, 0.05) is 6.04 Å². The zero-order valence-corrected chi connectivity index (χ0v) is 9.99. The monoisotopic (exact) mass is 230 g/mol. The lowest BCUT2D eigenvalue weighted by Gasteiger charge is -2.31. The van der Waals surface area contributed by atoms with Gasteiger partial charge in [-0.1, -0.05) is 6.92 Å². The molecule has 0 spiro atoms. The number of hydrogen-bond acceptors (Lipinski definition) is 4. The average Bonchev–Trinajstić information content (AvgIpc) is 2.72. The number of amides is 1. The quantitative estimate of drug-likeness (QED) is 0.500. The SMILES string of the molecule is CCC(CO)(CO)NC(=O)C1CCNC1C. The summed E-state index contributed by atoms with van der Waals surface area (Å²) in [5, 5.41) is 24.5. The van der Waals surface area contributed by atoms with Gasteiger partial charge in [0.05, 0.1) is 24.7 Å². The first-order valence-electron chi connectivity index (χ1n) is 5.85. The number of nitrogens with one attached hydrogen (secondary N) is 2. The second kappa shape index (κ2) is 5.61. The molecule has 4 N–H and O–H groups in total. The van der Waals surface area contributed by atoms with Crippen molar-refractivity contribution in [2.24, 2.45) is 5.92 Å². The van der Waals surface area contributed by atoms with Crippen molar-refractivity contribution in [1.29, 1.82) is 0 Å². The van der Waals surface area contributed by atoms with Gasteiger partial charge in [-0.3, -0.25) is 4.79 Å². The number of carbonyl (C=O) groups is 1. The third-order valence-electron chi connectivity index (χ3n) is 3.53. The maximum atomic E-state index is 12.0. The van der Waals surface area contributed by atoms with Crippen molar-refractivity contribution in [2.75, 3.05) is 19.8 Å². The Morgan fingerprint density at radius 3 is 2.50 bits per heavy atom. The topological polar surface area (TPSA) is 81.6 Å². The van der Waals surface area contributed by atoms with Crippen LogP contribution in [0.1, 0.15) is 26.7 Å². The fourth-order valence-corrected chi connectivity index (χ4v) is 2.01. The smallest absolute Gasteiger partial charge is 0.225 e. The lowest BCUT2D eigenvalue weighted by Crippen LogP contribution is -2.56. The fourth-order valence-electron chi connectivity index (χ4n) is 2.01. The summed E-state index contributed by atoms with van der Waals surface area (Å²) < 4.78 is 0. The summed E-state index contributed by atoms with van der Waals surface area (Å²) in [7, 11) is 0. The highest BCUT2D eigenvalue weighted by molar-refractivity contribution is 5.80. The molecule has 0 aromatic rings. The van der Waals surface area contributed by atoms with Gasteiger partial charge in [-0.15, -0.1) is 0 Å². The summed E-state index contributed by atoms with van der Waals surface area (Å²) in [6.45, 7) is 4.18. The Morgan fingerprint density at radius 2 is 2.12 bits per heavy atom. The third kappa shape index (κ3) is 2.72. The van der Waals surface area contributed by atoms with Gasteiger partial charge >= 0.3 is 0 Å². The molecule has 1 aliphatic heterocycles. The summed E-state index contributed by atoms with van der Waals surface area (Å²) in [5.41, 5.74) is -0.876. The molecular formula is C11H22N2O3. The standard InChI is InChI=1S/C11H22N2O3/c1-3-11(6-14,7-15)13-10(16)9-4-5-12-8(9)2/h8-9,12,14-15H,3-7H2,1-2H3,(H,13,16). The van der Waals surface area contributed by atoms with Gasteiger partial charge in [0.15, 0.2) is 0 Å². The first-order valence-corrected chi connectivity index (χ1v) is 5.85. The van der Waals surface area contributed by atoms with Crippen LogP contribution in [0.5, 0.6) is 0 Å². The van der Waals surface area contributed by atoms with E-state index in [-0.39, 0.29) is 31.1 Å². The molecule has 5 heteroatoms. The molecule has 1 heterocycles. The molecule has 1 fully saturated rings. The summed E-state index contributed by atoms with van der Waals surface area (Å²) in [6, 6.07) is 0.159. The van der Waals surface area contributed by atoms with E-state index in [9.17, 15) is 15.0 Å². The first kappa shape index (κ1) is 13.4. The predicted molar refractivity (Wildman–Crippen MR) is 60.9 cm³/mol. The van der Waals surface area contributed by atoms with E-state index in [1.54, 1.807) is 0 Å². The maximum Gasteiger partial charge on any atom is 0.225 e. The van der Waals surface area contributed by atoms with Gasteiger partial charge < -0.3 is 20.8 Å². The van der Waals surface area contributed by atoms with Crippen molar-refractivity contribution < 1.29 is 15.0 Å². The molecule has 0 aromatic carbocycles. The summed E-state index contributed by atoms with van der Waals surface area (Å²) in [5.74, 6) is -0.147. The molecular weight excluding hydrogens is 208 g/mol. The van der Waals surface area contributed by atoms with Crippen LogP contribution in [-0.2, 0) is 4.79 Å². The van der Waals surface area contributed by atoms with E-state index in [4.69, 9.17) is 0 Å². The number of hydrogen-bond donors (Lipinski definition) is 4. The van der Waals surface area contributed by atoms with Crippen LogP contribution in [0.2, 0.25) is 0 Å². The Morgan fingerprint density at radius 1 is 1.50 bits per heavy atom. The van der Waals surface area contributed by atoms with Crippen LogP contribution in [0.15, 0.2) is 0 Å². The zero-order valence-electron chi connectivity index (χ0n) is 9.99. The minimum absolute atomic E-state index is 0.0657. The highest BCUT2D eigenvalue weighted by atomic mass is 16.3. The maximum absolute atomic E-state index is 12.0. The van der Waals surface area contributed by atoms with Gasteiger partial charge in [-0.25, -0.2) is 0 Å². The van der Waals surface area contributed by atoms with E-state index in [1.807, 2.05) is 13.8 Å². The van der Waals surface area contributed by atoms with E-state index in [1.165, 1.54) is 0 Å². The normalized spacial score (nSPS) is 25.8. The minimum atomic E-state index is -0.876. The van der Waals surface area contributed by atoms with Crippen molar-refractivity contribution in [3.63, 3.8) is 0 Å². The molecule has 0 aromatic heterocycles. The molecule has 0 saturated carbocycles. The molecule has 2 atom stereocenters. The van der Waals surface area contributed by atoms with E-state index in [2.05, 4.69) is 10.6 Å². The van der Waals surface area contributed by atoms with Crippen molar-refractivity contribution in [3.8, 4) is 0 Å². The Hall–Kier alpha value is -0.650. The predicted octanol–water partition coefficient (Wildman–Crippen LogP) is -0.766. The molecule has 16 heavy (non-hydrogen) atoms. The molecule has 2 unspecified atom stereocenters. The zero-order chi connectivity index (χ0) is 12.2. The number of rotatable bonds is 5. The lowest BCUT2D eigenvalue weighted by atomic mass is 9.94. The highest BCUT2D eigenvalue weighted by Crippen LogP contribution is 2.17. The lowest BCUT2D eigenvalue weighted by molar-refractivity contribution is -0.128. The van der Waals surface area contributed by atoms with E-state index < -0.39 is 5.54 Å². The largest absolute Gasteiger partial charge is 0.394 e. The minimum Gasteiger partial charge on any atom is -0.394 e. The van der Waals surface area contributed by atoms with Crippen LogP contribution in [0.4, 0.5) is 0 Å². The molecule has 5 nitrogen and oxygen atoms in total. The first-order chi connectivity index (χ1) is 7.58. The van der Waals surface area contributed by atoms with Crippen molar-refractivity contribution in [2.45, 2.75) is 38.3 Å². The van der Waals surface area contributed by atoms with Crippen molar-refractivity contribution >= 4 is 5.91 Å². The van der Waals surface area contributed by atoms with Crippen molar-refractivity contribution in [1.82, 2.24) is 10.6 Å². The van der Waals surface area contributed by atoms with Crippen LogP contribution in [-0.4, -0.2) is 47.5 Å². The second-order valence-electron chi connectivity index (χ2n) is 4.58. The third-order valence-corrected chi connectivity index (χ3v) is 3.53. The van der Waals surface area contributed by atoms with E-state index in [0.717, 1.165) is 13.0 Å². The van der Waals surface area contributed by atoms with Gasteiger partial charge in [0.2, 0.25) is 5.91 Å². The van der Waals surface area contributed by atoms with Crippen LogP contribution in [0, 0.1) is 5.92 Å². The Labute approximate surface area is 96.2 Å². The molecule has 1 aliphatic rings. The van der Waals surface area contributed by atoms with Gasteiger partial charge in [-0.05, 0) is 26.3 Å². The average molecular weight is 230 g/mol. The molecule has 0 radical (unpaired) electrons. The van der Waals surface area contributed by atoms with Gasteiger partial charge in [-0.2, -0.15) is 0 Å². The Kier molecular flexibility index (Phi) is 4.70. The second-order valence-corrected chi connectivity index (χ2v) is 4.58. The number of aliphatic hydroxyl groups is 2. The van der Waals surface area contributed by atoms with Crippen LogP contribution >= 0.6 is 0 Å². The Balaban J connectivity index is 2.61. The molecule has 1 amide bonds. The molecule has 0 aliphatic carbocycles.